The fraction of sp³-hybridized carbons (Fsp3) is 0.250. The summed E-state index contributed by atoms with van der Waals surface area (Å²) in [5.41, 5.74) is -0.891. The van der Waals surface area contributed by atoms with Crippen molar-refractivity contribution in [1.29, 1.82) is 0 Å². The molecule has 0 bridgehead atoms. The quantitative estimate of drug-likeness (QED) is 0.905. The second-order valence-electron chi connectivity index (χ2n) is 5.14. The first-order valence-electron chi connectivity index (χ1n) is 6.77. The van der Waals surface area contributed by atoms with Gasteiger partial charge in [0.05, 0.1) is 23.2 Å². The van der Waals surface area contributed by atoms with Crippen molar-refractivity contribution in [3.63, 3.8) is 0 Å². The van der Waals surface area contributed by atoms with E-state index >= 15 is 0 Å². The van der Waals surface area contributed by atoms with Gasteiger partial charge < -0.3 is 5.11 Å². The number of rotatable bonds is 5. The zero-order chi connectivity index (χ0) is 17.1. The lowest BCUT2D eigenvalue weighted by Gasteiger charge is -2.15. The van der Waals surface area contributed by atoms with Crippen LogP contribution in [0.5, 0.6) is 0 Å². The Morgan fingerprint density at radius 3 is 2.13 bits per heavy atom. The number of aliphatic hydroxyl groups excluding tert-OH is 1. The fourth-order valence-electron chi connectivity index (χ4n) is 2.23. The predicted molar refractivity (Wildman–Crippen MR) is 80.3 cm³/mol. The summed E-state index contributed by atoms with van der Waals surface area (Å²) in [6.45, 7) is 0. The van der Waals surface area contributed by atoms with Gasteiger partial charge in [0.2, 0.25) is 0 Å². The van der Waals surface area contributed by atoms with Crippen molar-refractivity contribution in [2.45, 2.75) is 18.0 Å². The molecule has 7 heteroatoms. The number of hydrogen-bond donors (Lipinski definition) is 1. The highest BCUT2D eigenvalue weighted by atomic mass is 32.2. The van der Waals surface area contributed by atoms with E-state index in [-0.39, 0.29) is 5.56 Å². The Hall–Kier alpha value is -1.86. The van der Waals surface area contributed by atoms with Crippen LogP contribution in [0.25, 0.3) is 0 Å². The average molecular weight is 344 g/mol. The minimum absolute atomic E-state index is 0.319. The Morgan fingerprint density at radius 2 is 1.52 bits per heavy atom. The topological polar surface area (TPSA) is 54.4 Å². The van der Waals surface area contributed by atoms with Crippen molar-refractivity contribution in [3.05, 3.63) is 71.3 Å². The van der Waals surface area contributed by atoms with Crippen LogP contribution < -0.4 is 0 Å². The van der Waals surface area contributed by atoms with Gasteiger partial charge in [-0.3, -0.25) is 0 Å². The van der Waals surface area contributed by atoms with Gasteiger partial charge in [-0.1, -0.05) is 48.5 Å². The Kier molecular flexibility index (Phi) is 5.11. The minimum atomic E-state index is -4.62. The van der Waals surface area contributed by atoms with Crippen molar-refractivity contribution in [2.75, 3.05) is 5.75 Å². The van der Waals surface area contributed by atoms with Crippen LogP contribution in [0.4, 0.5) is 13.2 Å². The maximum atomic E-state index is 12.9. The Morgan fingerprint density at radius 1 is 0.957 bits per heavy atom. The first-order valence-corrected chi connectivity index (χ1v) is 8.60. The molecule has 0 radical (unpaired) electrons. The van der Waals surface area contributed by atoms with Crippen LogP contribution in [-0.2, 0) is 21.8 Å². The van der Waals surface area contributed by atoms with Gasteiger partial charge in [0.1, 0.15) is 0 Å². The zero-order valence-electron chi connectivity index (χ0n) is 12.0. The molecule has 23 heavy (non-hydrogen) atoms. The summed E-state index contributed by atoms with van der Waals surface area (Å²) in [7, 11) is -3.91. The van der Waals surface area contributed by atoms with Crippen molar-refractivity contribution >= 4 is 9.84 Å². The van der Waals surface area contributed by atoms with E-state index in [4.69, 9.17) is 0 Å². The maximum absolute atomic E-state index is 12.9. The molecule has 0 saturated heterocycles. The number of sulfone groups is 1. The van der Waals surface area contributed by atoms with E-state index in [0.717, 1.165) is 12.1 Å². The molecule has 0 fully saturated rings. The molecular weight excluding hydrogens is 329 g/mol. The van der Waals surface area contributed by atoms with E-state index in [1.54, 1.807) is 30.3 Å². The van der Waals surface area contributed by atoms with Crippen molar-refractivity contribution in [2.24, 2.45) is 0 Å². The van der Waals surface area contributed by atoms with E-state index in [0.29, 0.717) is 5.56 Å². The van der Waals surface area contributed by atoms with E-state index < -0.39 is 39.2 Å². The van der Waals surface area contributed by atoms with Crippen LogP contribution >= 0.6 is 0 Å². The molecule has 0 amide bonds. The summed E-state index contributed by atoms with van der Waals surface area (Å²) < 4.78 is 63.0. The third-order valence-corrected chi connectivity index (χ3v) is 4.87. The van der Waals surface area contributed by atoms with Gasteiger partial charge in [0, 0.05) is 0 Å². The van der Waals surface area contributed by atoms with Gasteiger partial charge >= 0.3 is 6.18 Å². The highest BCUT2D eigenvalue weighted by Gasteiger charge is 2.34. The van der Waals surface area contributed by atoms with E-state index in [1.807, 2.05) is 0 Å². The summed E-state index contributed by atoms with van der Waals surface area (Å²) in [5.74, 6) is -1.41. The Balaban J connectivity index is 2.20. The van der Waals surface area contributed by atoms with Gasteiger partial charge in [-0.15, -0.1) is 0 Å². The van der Waals surface area contributed by atoms with Crippen LogP contribution in [0.3, 0.4) is 0 Å². The second kappa shape index (κ2) is 6.72. The molecule has 0 aliphatic carbocycles. The van der Waals surface area contributed by atoms with Crippen LogP contribution in [0.2, 0.25) is 0 Å². The molecule has 1 unspecified atom stereocenters. The summed E-state index contributed by atoms with van der Waals surface area (Å²) >= 11 is 0. The van der Waals surface area contributed by atoms with Gasteiger partial charge in [-0.2, -0.15) is 13.2 Å². The molecule has 124 valence electrons. The van der Waals surface area contributed by atoms with Gasteiger partial charge in [-0.25, -0.2) is 8.42 Å². The van der Waals surface area contributed by atoms with Gasteiger partial charge in [0.15, 0.2) is 9.84 Å². The lowest BCUT2D eigenvalue weighted by Crippen LogP contribution is -2.18. The lowest BCUT2D eigenvalue weighted by molar-refractivity contribution is -0.138. The summed E-state index contributed by atoms with van der Waals surface area (Å²) in [5, 5.41) is 9.96. The van der Waals surface area contributed by atoms with Crippen LogP contribution in [0, 0.1) is 0 Å². The SMILES string of the molecule is O=S(=O)(Cc1ccccc1C(F)(F)F)CC(O)c1ccccc1. The molecule has 0 heterocycles. The molecule has 2 aromatic carbocycles. The normalized spacial score (nSPS) is 13.7. The van der Waals surface area contributed by atoms with Crippen molar-refractivity contribution in [1.82, 2.24) is 0 Å². The van der Waals surface area contributed by atoms with Crippen molar-refractivity contribution in [3.8, 4) is 0 Å². The monoisotopic (exact) mass is 344 g/mol. The van der Waals surface area contributed by atoms with Gasteiger partial charge in [-0.05, 0) is 17.2 Å². The predicted octanol–water partition coefficient (Wildman–Crippen LogP) is 3.35. The number of halogens is 3. The number of alkyl halides is 3. The highest BCUT2D eigenvalue weighted by Crippen LogP contribution is 2.33. The Labute approximate surface area is 132 Å². The molecule has 2 rings (SSSR count). The molecule has 0 spiro atoms. The second-order valence-corrected chi connectivity index (χ2v) is 7.25. The third kappa shape index (κ3) is 4.80. The van der Waals surface area contributed by atoms with Crippen molar-refractivity contribution < 1.29 is 26.7 Å². The van der Waals surface area contributed by atoms with E-state index in [1.165, 1.54) is 12.1 Å². The molecule has 0 saturated carbocycles. The van der Waals surface area contributed by atoms with Crippen LogP contribution in [0.1, 0.15) is 22.8 Å². The van der Waals surface area contributed by atoms with E-state index in [2.05, 4.69) is 0 Å². The van der Waals surface area contributed by atoms with Gasteiger partial charge in [0.25, 0.3) is 0 Å². The average Bonchev–Trinajstić information content (AvgIpc) is 2.46. The molecule has 3 nitrogen and oxygen atoms in total. The number of hydrogen-bond acceptors (Lipinski definition) is 3. The maximum Gasteiger partial charge on any atom is 0.416 e. The largest absolute Gasteiger partial charge is 0.416 e. The molecule has 0 aliphatic rings. The minimum Gasteiger partial charge on any atom is -0.387 e. The number of aliphatic hydroxyl groups is 1. The van der Waals surface area contributed by atoms with Crippen LogP contribution in [-0.4, -0.2) is 19.3 Å². The first-order chi connectivity index (χ1) is 10.7. The molecule has 1 atom stereocenters. The third-order valence-electron chi connectivity index (χ3n) is 3.29. The lowest BCUT2D eigenvalue weighted by atomic mass is 10.1. The summed E-state index contributed by atoms with van der Waals surface area (Å²) in [6, 6.07) is 12.7. The molecule has 0 aliphatic heterocycles. The molecular formula is C16H15F3O3S. The molecule has 0 aromatic heterocycles. The van der Waals surface area contributed by atoms with Crippen LogP contribution in [0.15, 0.2) is 54.6 Å². The summed E-state index contributed by atoms with van der Waals surface area (Å²) in [6.07, 6.45) is -5.90. The zero-order valence-corrected chi connectivity index (χ0v) is 12.8. The molecule has 1 N–H and O–H groups in total. The fourth-order valence-corrected chi connectivity index (χ4v) is 3.75. The highest BCUT2D eigenvalue weighted by molar-refractivity contribution is 7.90. The van der Waals surface area contributed by atoms with E-state index in [9.17, 15) is 26.7 Å². The standard InChI is InChI=1S/C16H15F3O3S/c17-16(18,19)14-9-5-4-8-13(14)10-23(21,22)11-15(20)12-6-2-1-3-7-12/h1-9,15,20H,10-11H2. The number of benzene rings is 2. The molecule has 2 aromatic rings. The first kappa shape index (κ1) is 17.5. The summed E-state index contributed by atoms with van der Waals surface area (Å²) in [4.78, 5) is 0. The smallest absolute Gasteiger partial charge is 0.387 e. The Bertz CT molecular complexity index is 756.